The zero-order chi connectivity index (χ0) is 28.9. The summed E-state index contributed by atoms with van der Waals surface area (Å²) in [5.74, 6) is 0.922. The molecule has 0 spiro atoms. The van der Waals surface area contributed by atoms with Gasteiger partial charge in [0.2, 0.25) is 11.9 Å². The van der Waals surface area contributed by atoms with Crippen molar-refractivity contribution in [3.05, 3.63) is 102 Å². The fourth-order valence-electron chi connectivity index (χ4n) is 5.80. The van der Waals surface area contributed by atoms with Crippen LogP contribution in [0, 0.1) is 0 Å². The zero-order valence-corrected chi connectivity index (χ0v) is 24.5. The highest BCUT2D eigenvalue weighted by atomic mass is 16.1. The first-order valence-corrected chi connectivity index (χ1v) is 14.8. The molecule has 0 radical (unpaired) electrons. The van der Waals surface area contributed by atoms with Crippen LogP contribution in [-0.2, 0) is 11.3 Å². The maximum atomic E-state index is 13.5. The highest BCUT2D eigenvalue weighted by molar-refractivity contribution is 6.02. The van der Waals surface area contributed by atoms with Gasteiger partial charge in [-0.15, -0.1) is 0 Å². The number of hydrogen-bond acceptors (Lipinski definition) is 7. The lowest BCUT2D eigenvalue weighted by molar-refractivity contribution is -0.121. The smallest absolute Gasteiger partial charge is 0.222 e. The van der Waals surface area contributed by atoms with Crippen molar-refractivity contribution in [1.82, 2.24) is 25.0 Å². The van der Waals surface area contributed by atoms with Crippen LogP contribution in [0.1, 0.15) is 23.6 Å². The van der Waals surface area contributed by atoms with Crippen LogP contribution in [0.5, 0.6) is 0 Å². The Labute approximate surface area is 248 Å². The number of hydrogen-bond donors (Lipinski definition) is 1. The standard InChI is InChI=1S/C34H39N7O/c1-38(2)17-18-39-19-21-40(22-20-39)34-37-31-13-7-6-12-29(31)32(24-33(42)36-25-26-9-4-3-5-10-26)41(34)28-14-15-30-27(23-28)11-8-16-35-30/h3-16,23,32H,17-22,24-25H2,1-2H3,(H,36,42). The number of nitrogens with zero attached hydrogens (tertiary/aromatic N) is 6. The Bertz CT molecular complexity index is 1550. The van der Waals surface area contributed by atoms with Crippen molar-refractivity contribution >= 4 is 34.1 Å². The minimum Gasteiger partial charge on any atom is -0.352 e. The molecule has 2 aliphatic heterocycles. The van der Waals surface area contributed by atoms with Crippen LogP contribution in [0.2, 0.25) is 0 Å². The fraction of sp³-hybridized carbons (Fsp3) is 0.324. The number of piperazine rings is 1. The maximum absolute atomic E-state index is 13.5. The van der Waals surface area contributed by atoms with E-state index in [4.69, 9.17) is 4.99 Å². The molecule has 0 saturated carbocycles. The van der Waals surface area contributed by atoms with Crippen LogP contribution < -0.4 is 10.2 Å². The summed E-state index contributed by atoms with van der Waals surface area (Å²) < 4.78 is 0. The van der Waals surface area contributed by atoms with Gasteiger partial charge >= 0.3 is 0 Å². The van der Waals surface area contributed by atoms with Crippen LogP contribution in [0.3, 0.4) is 0 Å². The largest absolute Gasteiger partial charge is 0.352 e. The Kier molecular flexibility index (Phi) is 8.44. The Morgan fingerprint density at radius 1 is 0.929 bits per heavy atom. The normalized spacial score (nSPS) is 17.3. The molecule has 2 aliphatic rings. The first kappa shape index (κ1) is 27.9. The van der Waals surface area contributed by atoms with Gasteiger partial charge in [0.25, 0.3) is 0 Å². The lowest BCUT2D eigenvalue weighted by Gasteiger charge is -2.45. The number of likely N-dealkylation sites (N-methyl/N-ethyl adjacent to an activating group) is 1. The molecule has 3 aromatic carbocycles. The summed E-state index contributed by atoms with van der Waals surface area (Å²) >= 11 is 0. The molecule has 8 nitrogen and oxygen atoms in total. The highest BCUT2D eigenvalue weighted by Gasteiger charge is 2.36. The van der Waals surface area contributed by atoms with Gasteiger partial charge in [-0.05, 0) is 50.0 Å². The molecular weight excluding hydrogens is 522 g/mol. The van der Waals surface area contributed by atoms with Gasteiger partial charge in [-0.25, -0.2) is 4.99 Å². The summed E-state index contributed by atoms with van der Waals surface area (Å²) in [6.45, 7) is 6.33. The van der Waals surface area contributed by atoms with Crippen molar-refractivity contribution in [3.8, 4) is 0 Å². The van der Waals surface area contributed by atoms with Crippen LogP contribution in [0.15, 0.2) is 96.1 Å². The number of fused-ring (bicyclic) bond motifs is 2. The SMILES string of the molecule is CN(C)CCN1CCN(C2=Nc3ccccc3C(CC(=O)NCc3ccccc3)N2c2ccc3ncccc3c2)CC1. The molecule has 8 heteroatoms. The van der Waals surface area contributed by atoms with Gasteiger partial charge in [0, 0.05) is 68.6 Å². The number of nitrogens with one attached hydrogen (secondary N) is 1. The minimum absolute atomic E-state index is 0.0147. The molecule has 216 valence electrons. The third kappa shape index (κ3) is 6.30. The number of para-hydroxylation sites is 1. The van der Waals surface area contributed by atoms with E-state index in [0.717, 1.165) is 78.6 Å². The molecule has 1 fully saturated rings. The second-order valence-electron chi connectivity index (χ2n) is 11.3. The predicted molar refractivity (Wildman–Crippen MR) is 170 cm³/mol. The molecule has 1 saturated heterocycles. The number of anilines is 1. The van der Waals surface area contributed by atoms with Gasteiger partial charge in [0.05, 0.1) is 23.7 Å². The number of carbonyl (C=O) groups excluding carboxylic acids is 1. The number of aliphatic imine (C=N–C) groups is 1. The summed E-state index contributed by atoms with van der Waals surface area (Å²) in [5, 5.41) is 4.23. The molecule has 0 bridgehead atoms. The minimum atomic E-state index is -0.203. The van der Waals surface area contributed by atoms with E-state index < -0.39 is 0 Å². The molecule has 6 rings (SSSR count). The molecule has 42 heavy (non-hydrogen) atoms. The van der Waals surface area contributed by atoms with Gasteiger partial charge < -0.3 is 20.0 Å². The highest BCUT2D eigenvalue weighted by Crippen LogP contribution is 2.41. The summed E-state index contributed by atoms with van der Waals surface area (Å²) in [6.07, 6.45) is 2.14. The first-order chi connectivity index (χ1) is 20.5. The van der Waals surface area contributed by atoms with E-state index >= 15 is 0 Å². The monoisotopic (exact) mass is 561 g/mol. The summed E-state index contributed by atoms with van der Waals surface area (Å²) in [6, 6.07) is 28.5. The molecular formula is C34H39N7O. The van der Waals surface area contributed by atoms with Crippen molar-refractivity contribution in [2.45, 2.75) is 19.0 Å². The molecule has 1 N–H and O–H groups in total. The third-order valence-electron chi connectivity index (χ3n) is 8.14. The number of guanidine groups is 1. The number of carbonyl (C=O) groups is 1. The van der Waals surface area contributed by atoms with Crippen LogP contribution in [0.4, 0.5) is 11.4 Å². The molecule has 1 aromatic heterocycles. The second-order valence-corrected chi connectivity index (χ2v) is 11.3. The van der Waals surface area contributed by atoms with Gasteiger partial charge in [0.15, 0.2) is 0 Å². The average molecular weight is 562 g/mol. The summed E-state index contributed by atoms with van der Waals surface area (Å²) in [7, 11) is 4.25. The van der Waals surface area contributed by atoms with E-state index in [1.165, 1.54) is 0 Å². The van der Waals surface area contributed by atoms with Crippen molar-refractivity contribution < 1.29 is 4.79 Å². The first-order valence-electron chi connectivity index (χ1n) is 14.8. The van der Waals surface area contributed by atoms with Crippen LogP contribution >= 0.6 is 0 Å². The van der Waals surface area contributed by atoms with E-state index in [1.807, 2.05) is 54.7 Å². The summed E-state index contributed by atoms with van der Waals surface area (Å²) in [5.41, 5.74) is 5.04. The number of benzene rings is 3. The molecule has 4 aromatic rings. The van der Waals surface area contributed by atoms with Gasteiger partial charge in [-0.1, -0.05) is 54.6 Å². The Morgan fingerprint density at radius 2 is 1.71 bits per heavy atom. The molecule has 3 heterocycles. The van der Waals surface area contributed by atoms with E-state index in [0.29, 0.717) is 13.0 Å². The van der Waals surface area contributed by atoms with Crippen LogP contribution in [-0.4, -0.2) is 84.9 Å². The number of pyridine rings is 1. The Morgan fingerprint density at radius 3 is 2.52 bits per heavy atom. The second kappa shape index (κ2) is 12.7. The van der Waals surface area contributed by atoms with Crippen molar-refractivity contribution in [2.24, 2.45) is 4.99 Å². The number of rotatable bonds is 8. The van der Waals surface area contributed by atoms with E-state index in [9.17, 15) is 4.79 Å². The van der Waals surface area contributed by atoms with Crippen LogP contribution in [0.25, 0.3) is 10.9 Å². The fourth-order valence-corrected chi connectivity index (χ4v) is 5.80. The quantitative estimate of drug-likeness (QED) is 0.337. The van der Waals surface area contributed by atoms with Crippen molar-refractivity contribution in [2.75, 3.05) is 58.3 Å². The zero-order valence-electron chi connectivity index (χ0n) is 24.5. The van der Waals surface area contributed by atoms with Gasteiger partial charge in [0.1, 0.15) is 0 Å². The van der Waals surface area contributed by atoms with Gasteiger partial charge in [-0.3, -0.25) is 14.7 Å². The molecule has 0 aliphatic carbocycles. The van der Waals surface area contributed by atoms with E-state index in [1.54, 1.807) is 0 Å². The lowest BCUT2D eigenvalue weighted by atomic mass is 9.96. The topological polar surface area (TPSA) is 67.3 Å². The maximum Gasteiger partial charge on any atom is 0.222 e. The predicted octanol–water partition coefficient (Wildman–Crippen LogP) is 4.67. The molecule has 1 atom stereocenters. The number of aromatic nitrogens is 1. The van der Waals surface area contributed by atoms with E-state index in [2.05, 4.69) is 80.4 Å². The molecule has 1 unspecified atom stereocenters. The Hall–Kier alpha value is -4.27. The van der Waals surface area contributed by atoms with Crippen molar-refractivity contribution in [3.63, 3.8) is 0 Å². The molecule has 1 amide bonds. The lowest BCUT2D eigenvalue weighted by Crippen LogP contribution is -2.56. The van der Waals surface area contributed by atoms with E-state index in [-0.39, 0.29) is 11.9 Å². The summed E-state index contributed by atoms with van der Waals surface area (Å²) in [4.78, 5) is 32.7. The van der Waals surface area contributed by atoms with Gasteiger partial charge in [-0.2, -0.15) is 0 Å². The average Bonchev–Trinajstić information content (AvgIpc) is 3.03. The van der Waals surface area contributed by atoms with Crippen molar-refractivity contribution in [1.29, 1.82) is 0 Å². The third-order valence-corrected chi connectivity index (χ3v) is 8.14. The Balaban J connectivity index is 1.33. The number of amides is 1.